The first-order valence-corrected chi connectivity index (χ1v) is 12.7. The van der Waals surface area contributed by atoms with E-state index in [4.69, 9.17) is 32.9 Å². The van der Waals surface area contributed by atoms with E-state index in [0.29, 0.717) is 28.8 Å². The van der Waals surface area contributed by atoms with Crippen LogP contribution < -0.4 is 4.90 Å². The number of ether oxygens (including phenoxy) is 1. The number of morpholine rings is 1. The lowest BCUT2D eigenvalue weighted by Gasteiger charge is -2.29. The fourth-order valence-corrected chi connectivity index (χ4v) is 5.57. The predicted octanol–water partition coefficient (Wildman–Crippen LogP) is 5.87. The number of anilines is 1. The van der Waals surface area contributed by atoms with Gasteiger partial charge in [-0.3, -0.25) is 14.6 Å². The molecule has 32 heavy (non-hydrogen) atoms. The van der Waals surface area contributed by atoms with E-state index in [1.54, 1.807) is 11.8 Å². The summed E-state index contributed by atoms with van der Waals surface area (Å²) >= 11 is 15.3. The van der Waals surface area contributed by atoms with Crippen molar-refractivity contribution in [3.63, 3.8) is 0 Å². The quantitative estimate of drug-likeness (QED) is 0.339. The van der Waals surface area contributed by atoms with Crippen molar-refractivity contribution in [1.82, 2.24) is 9.88 Å². The average molecular weight is 533 g/mol. The van der Waals surface area contributed by atoms with Gasteiger partial charge in [-0.15, -0.1) is 24.2 Å². The Balaban J connectivity index is 0.00000289. The van der Waals surface area contributed by atoms with E-state index >= 15 is 0 Å². The van der Waals surface area contributed by atoms with E-state index in [1.165, 1.54) is 11.3 Å². The van der Waals surface area contributed by atoms with Gasteiger partial charge in [0.25, 0.3) is 0 Å². The maximum absolute atomic E-state index is 13.2. The number of carbonyl (C=O) groups is 1. The summed E-state index contributed by atoms with van der Waals surface area (Å²) < 4.78 is 6.42. The van der Waals surface area contributed by atoms with Gasteiger partial charge >= 0.3 is 0 Å². The van der Waals surface area contributed by atoms with Crippen molar-refractivity contribution < 1.29 is 9.53 Å². The van der Waals surface area contributed by atoms with Crippen molar-refractivity contribution in [3.8, 4) is 0 Å². The SMILES string of the molecule is Cl.O=C(CCSc1ccc(Cl)cc1)N(CCN1CCOCC1)c1nc2ccc(Cl)cc2s1. The van der Waals surface area contributed by atoms with E-state index in [2.05, 4.69) is 4.90 Å². The second-order valence-electron chi connectivity index (χ2n) is 7.16. The van der Waals surface area contributed by atoms with Crippen LogP contribution in [0.5, 0.6) is 0 Å². The third kappa shape index (κ3) is 6.97. The van der Waals surface area contributed by atoms with Crippen LogP contribution in [0.15, 0.2) is 47.4 Å². The molecule has 0 spiro atoms. The van der Waals surface area contributed by atoms with Crippen molar-refractivity contribution in [2.24, 2.45) is 0 Å². The number of hydrogen-bond acceptors (Lipinski definition) is 6. The summed E-state index contributed by atoms with van der Waals surface area (Å²) in [5.74, 6) is 0.783. The molecule has 0 saturated carbocycles. The van der Waals surface area contributed by atoms with Gasteiger partial charge in [-0.25, -0.2) is 4.98 Å². The molecule has 2 aromatic carbocycles. The van der Waals surface area contributed by atoms with Crippen molar-refractivity contribution >= 4 is 80.0 Å². The molecule has 0 aliphatic carbocycles. The smallest absolute Gasteiger partial charge is 0.229 e. The summed E-state index contributed by atoms with van der Waals surface area (Å²) in [6.45, 7) is 4.68. The van der Waals surface area contributed by atoms with Gasteiger partial charge in [-0.1, -0.05) is 34.5 Å². The van der Waals surface area contributed by atoms with Crippen molar-refractivity contribution in [1.29, 1.82) is 0 Å². The Morgan fingerprint density at radius 3 is 2.59 bits per heavy atom. The molecule has 4 rings (SSSR count). The zero-order valence-corrected chi connectivity index (χ0v) is 21.3. The predicted molar refractivity (Wildman–Crippen MR) is 138 cm³/mol. The van der Waals surface area contributed by atoms with Crippen LogP contribution in [0.4, 0.5) is 5.13 Å². The van der Waals surface area contributed by atoms with Crippen LogP contribution in [0.3, 0.4) is 0 Å². The molecule has 0 unspecified atom stereocenters. The fraction of sp³-hybridized carbons (Fsp3) is 0.364. The van der Waals surface area contributed by atoms with Crippen molar-refractivity contribution in [3.05, 3.63) is 52.5 Å². The molecule has 1 saturated heterocycles. The van der Waals surface area contributed by atoms with Gasteiger partial charge < -0.3 is 4.74 Å². The average Bonchev–Trinajstić information content (AvgIpc) is 3.19. The van der Waals surface area contributed by atoms with Gasteiger partial charge in [0.1, 0.15) is 0 Å². The molecule has 1 aliphatic rings. The highest BCUT2D eigenvalue weighted by Gasteiger charge is 2.21. The number of hydrogen-bond donors (Lipinski definition) is 0. The van der Waals surface area contributed by atoms with Gasteiger partial charge in [-0.2, -0.15) is 0 Å². The first kappa shape index (κ1) is 25.6. The highest BCUT2D eigenvalue weighted by Crippen LogP contribution is 2.31. The minimum Gasteiger partial charge on any atom is -0.379 e. The standard InChI is InChI=1S/C22H23Cl2N3O2S2.ClH/c23-16-1-4-18(5-2-16)30-14-7-21(28)27(9-8-26-10-12-29-13-11-26)22-25-19-6-3-17(24)15-20(19)31-22;/h1-6,15H,7-14H2;1H. The number of carbonyl (C=O) groups excluding carboxylic acids is 1. The number of rotatable bonds is 8. The number of nitrogens with zero attached hydrogens (tertiary/aromatic N) is 3. The van der Waals surface area contributed by atoms with E-state index in [1.807, 2.05) is 47.4 Å². The summed E-state index contributed by atoms with van der Waals surface area (Å²) in [6.07, 6.45) is 0.438. The summed E-state index contributed by atoms with van der Waals surface area (Å²) in [5, 5.41) is 2.12. The topological polar surface area (TPSA) is 45.7 Å². The van der Waals surface area contributed by atoms with Gasteiger partial charge in [0.05, 0.1) is 23.4 Å². The van der Waals surface area contributed by atoms with Crippen LogP contribution in [-0.4, -0.2) is 60.9 Å². The number of fused-ring (bicyclic) bond motifs is 1. The lowest BCUT2D eigenvalue weighted by molar-refractivity contribution is -0.118. The summed E-state index contributed by atoms with van der Waals surface area (Å²) in [4.78, 5) is 23.2. The second kappa shape index (κ2) is 12.4. The Labute approximate surface area is 212 Å². The van der Waals surface area contributed by atoms with Crippen LogP contribution in [0.25, 0.3) is 10.2 Å². The number of halogens is 3. The van der Waals surface area contributed by atoms with Gasteiger partial charge in [0, 0.05) is 53.3 Å². The molecule has 0 N–H and O–H groups in total. The highest BCUT2D eigenvalue weighted by atomic mass is 35.5. The number of aromatic nitrogens is 1. The monoisotopic (exact) mass is 531 g/mol. The fourth-order valence-electron chi connectivity index (χ4n) is 3.32. The summed E-state index contributed by atoms with van der Waals surface area (Å²) in [5.41, 5.74) is 0.865. The molecule has 1 aromatic heterocycles. The van der Waals surface area contributed by atoms with Crippen LogP contribution in [0.1, 0.15) is 6.42 Å². The zero-order valence-electron chi connectivity index (χ0n) is 17.3. The number of benzene rings is 2. The lowest BCUT2D eigenvalue weighted by atomic mass is 10.3. The molecule has 1 aliphatic heterocycles. The van der Waals surface area contributed by atoms with E-state index in [9.17, 15) is 4.79 Å². The first-order chi connectivity index (χ1) is 15.1. The van der Waals surface area contributed by atoms with Gasteiger partial charge in [-0.05, 0) is 42.5 Å². The van der Waals surface area contributed by atoms with Crippen molar-refractivity contribution in [2.75, 3.05) is 50.0 Å². The normalized spacial score (nSPS) is 14.3. The van der Waals surface area contributed by atoms with Gasteiger partial charge in [0.15, 0.2) is 5.13 Å². The largest absolute Gasteiger partial charge is 0.379 e. The zero-order chi connectivity index (χ0) is 21.6. The Morgan fingerprint density at radius 1 is 1.12 bits per heavy atom. The maximum atomic E-state index is 13.2. The Bertz CT molecular complexity index is 1030. The molecule has 1 amide bonds. The minimum absolute atomic E-state index is 0. The second-order valence-corrected chi connectivity index (χ2v) is 10.2. The number of thioether (sulfide) groups is 1. The van der Waals surface area contributed by atoms with Crippen LogP contribution in [0.2, 0.25) is 10.0 Å². The van der Waals surface area contributed by atoms with Crippen LogP contribution in [0, 0.1) is 0 Å². The van der Waals surface area contributed by atoms with E-state index in [0.717, 1.165) is 53.1 Å². The molecule has 3 aromatic rings. The third-order valence-corrected chi connectivity index (χ3v) is 7.55. The minimum atomic E-state index is 0. The van der Waals surface area contributed by atoms with Gasteiger partial charge in [0.2, 0.25) is 5.91 Å². The van der Waals surface area contributed by atoms with E-state index < -0.39 is 0 Å². The van der Waals surface area contributed by atoms with Crippen LogP contribution >= 0.6 is 58.7 Å². The molecule has 2 heterocycles. The number of thiazole rings is 1. The Morgan fingerprint density at radius 2 is 1.84 bits per heavy atom. The lowest BCUT2D eigenvalue weighted by Crippen LogP contribution is -2.43. The van der Waals surface area contributed by atoms with Crippen LogP contribution in [-0.2, 0) is 9.53 Å². The molecule has 0 radical (unpaired) electrons. The third-order valence-electron chi connectivity index (χ3n) is 5.01. The Kier molecular flexibility index (Phi) is 9.92. The summed E-state index contributed by atoms with van der Waals surface area (Å²) in [6, 6.07) is 13.3. The molecule has 10 heteroatoms. The van der Waals surface area contributed by atoms with E-state index in [-0.39, 0.29) is 18.3 Å². The first-order valence-electron chi connectivity index (χ1n) is 10.1. The molecule has 0 atom stereocenters. The maximum Gasteiger partial charge on any atom is 0.229 e. The van der Waals surface area contributed by atoms with Crippen molar-refractivity contribution in [2.45, 2.75) is 11.3 Å². The molecular weight excluding hydrogens is 509 g/mol. The molecule has 0 bridgehead atoms. The molecule has 172 valence electrons. The Hall–Kier alpha value is -1.06. The molecular formula is C22H24Cl3N3O2S2. The number of amides is 1. The molecule has 5 nitrogen and oxygen atoms in total. The summed E-state index contributed by atoms with van der Waals surface area (Å²) in [7, 11) is 0. The highest BCUT2D eigenvalue weighted by molar-refractivity contribution is 7.99. The molecule has 1 fully saturated rings.